The number of nitrogen functional groups attached to an aromatic ring is 1. The van der Waals surface area contributed by atoms with Crippen LogP contribution in [-0.2, 0) is 19.2 Å². The zero-order chi connectivity index (χ0) is 26.8. The Bertz CT molecular complexity index is 1480. The van der Waals surface area contributed by atoms with Crippen LogP contribution in [0.1, 0.15) is 5.69 Å². The molecule has 1 saturated heterocycles. The van der Waals surface area contributed by atoms with Gasteiger partial charge in [0.1, 0.15) is 34.9 Å². The first-order chi connectivity index (χ1) is 18.4. The third-order valence-corrected chi connectivity index (χ3v) is 9.37. The number of anilines is 1. The second-order valence-electron chi connectivity index (χ2n) is 7.77. The maximum atomic E-state index is 13.0. The van der Waals surface area contributed by atoms with E-state index >= 15 is 0 Å². The molecule has 0 aliphatic carbocycles. The Morgan fingerprint density at radius 3 is 2.97 bits per heavy atom. The lowest BCUT2D eigenvalue weighted by atomic mass is 9.94. The lowest BCUT2D eigenvalue weighted by Crippen LogP contribution is -2.73. The summed E-state index contributed by atoms with van der Waals surface area (Å²) >= 11 is 5.45. The number of rotatable bonds is 9. The number of carbonyl (C=O) groups is 3. The molecule has 3 aromatic heterocycles. The molecule has 0 saturated carbocycles. The third kappa shape index (κ3) is 5.11. The molecule has 12 nitrogen and oxygen atoms in total. The Hall–Kier alpha value is -3.47. The van der Waals surface area contributed by atoms with Crippen molar-refractivity contribution in [1.82, 2.24) is 25.2 Å². The number of carboxylic acids is 1. The fourth-order valence-electron chi connectivity index (χ4n) is 3.84. The Morgan fingerprint density at radius 2 is 2.26 bits per heavy atom. The molecular weight excluding hydrogens is 571 g/mol. The van der Waals surface area contributed by atoms with Gasteiger partial charge < -0.3 is 21.0 Å². The van der Waals surface area contributed by atoms with E-state index < -0.39 is 29.9 Å². The molecule has 2 amide bonds. The number of nitrogens with one attached hydrogen (secondary N) is 1. The van der Waals surface area contributed by atoms with Gasteiger partial charge >= 0.3 is 5.97 Å². The predicted octanol–water partition coefficient (Wildman–Crippen LogP) is 2.17. The van der Waals surface area contributed by atoms with Crippen molar-refractivity contribution in [1.29, 1.82) is 0 Å². The lowest BCUT2D eigenvalue weighted by molar-refractivity contribution is -0.153. The summed E-state index contributed by atoms with van der Waals surface area (Å²) in [5.74, 6) is -1.43. The molecule has 3 aromatic rings. The van der Waals surface area contributed by atoms with Crippen molar-refractivity contribution in [3.8, 4) is 0 Å². The number of thiazole rings is 2. The summed E-state index contributed by atoms with van der Waals surface area (Å²) in [7, 11) is 1.28. The second kappa shape index (κ2) is 11.1. The molecule has 16 heteroatoms. The molecule has 0 unspecified atom stereocenters. The van der Waals surface area contributed by atoms with Crippen LogP contribution in [0.25, 0.3) is 10.3 Å². The van der Waals surface area contributed by atoms with Crippen molar-refractivity contribution >= 4 is 85.2 Å². The minimum absolute atomic E-state index is 0.106. The molecule has 0 radical (unpaired) electrons. The zero-order valence-corrected chi connectivity index (χ0v) is 22.8. The number of β-lactam (4-membered cyclic amide) rings is 1. The van der Waals surface area contributed by atoms with E-state index in [1.165, 1.54) is 46.9 Å². The van der Waals surface area contributed by atoms with Crippen LogP contribution < -0.4 is 11.1 Å². The highest BCUT2D eigenvalue weighted by molar-refractivity contribution is 8.03. The van der Waals surface area contributed by atoms with Crippen LogP contribution in [0.2, 0.25) is 0 Å². The standard InChI is InChI=1S/C22H19N7O5S4/c1-34-28-14(11-8-37-21(23)25-11)17(30)27-15-12-9-36-13(16(20(32)33)29(12)19(15)31)5-3-7-35-22-26-10-4-2-6-24-18(10)38-22/h2-6,8,12,15H,7,9H2,1H3,(H2,23,25)(H,27,30)(H,32,33)/b5-3+,28-14?/t12-,15+/m1/s1. The number of nitrogens with two attached hydrogens (primary N) is 1. The van der Waals surface area contributed by atoms with E-state index in [0.29, 0.717) is 16.4 Å². The molecule has 2 atom stereocenters. The second-order valence-corrected chi connectivity index (χ2v) is 12.0. The van der Waals surface area contributed by atoms with Gasteiger partial charge in [-0.2, -0.15) is 0 Å². The van der Waals surface area contributed by atoms with Crippen LogP contribution in [0.5, 0.6) is 0 Å². The summed E-state index contributed by atoms with van der Waals surface area (Å²) < 4.78 is 0.861. The molecule has 2 aliphatic heterocycles. The van der Waals surface area contributed by atoms with E-state index in [1.807, 2.05) is 18.2 Å². The Labute approximate surface area is 232 Å². The summed E-state index contributed by atoms with van der Waals surface area (Å²) in [4.78, 5) is 58.1. The van der Waals surface area contributed by atoms with Crippen molar-refractivity contribution in [3.63, 3.8) is 0 Å². The number of thioether (sulfide) groups is 2. The van der Waals surface area contributed by atoms with Gasteiger partial charge in [-0.1, -0.05) is 34.3 Å². The summed E-state index contributed by atoms with van der Waals surface area (Å²) in [6.45, 7) is 0. The Morgan fingerprint density at radius 1 is 1.42 bits per heavy atom. The van der Waals surface area contributed by atoms with Crippen LogP contribution in [0, 0.1) is 0 Å². The number of nitrogens with zero attached hydrogens (tertiary/aromatic N) is 5. The fraction of sp³-hybridized carbons (Fsp3) is 0.227. The zero-order valence-electron chi connectivity index (χ0n) is 19.6. The molecule has 0 spiro atoms. The highest BCUT2D eigenvalue weighted by atomic mass is 32.2. The first-order valence-electron chi connectivity index (χ1n) is 10.9. The van der Waals surface area contributed by atoms with Crippen molar-refractivity contribution in [2.45, 2.75) is 16.4 Å². The molecule has 2 aliphatic rings. The lowest BCUT2D eigenvalue weighted by Gasteiger charge is -2.49. The number of oxime groups is 1. The summed E-state index contributed by atoms with van der Waals surface area (Å²) in [5, 5.41) is 18.0. The van der Waals surface area contributed by atoms with Crippen LogP contribution >= 0.6 is 46.2 Å². The van der Waals surface area contributed by atoms with E-state index in [2.05, 4.69) is 25.4 Å². The molecule has 196 valence electrons. The van der Waals surface area contributed by atoms with E-state index in [1.54, 1.807) is 17.7 Å². The summed E-state index contributed by atoms with van der Waals surface area (Å²) in [6.07, 6.45) is 5.27. The largest absolute Gasteiger partial charge is 0.477 e. The smallest absolute Gasteiger partial charge is 0.353 e. The minimum Gasteiger partial charge on any atom is -0.477 e. The van der Waals surface area contributed by atoms with Gasteiger partial charge in [0.25, 0.3) is 11.8 Å². The number of aromatic nitrogens is 3. The average molecular weight is 590 g/mol. The number of amides is 2. The van der Waals surface area contributed by atoms with E-state index in [4.69, 9.17) is 10.6 Å². The van der Waals surface area contributed by atoms with Crippen molar-refractivity contribution in [2.75, 3.05) is 24.3 Å². The van der Waals surface area contributed by atoms with E-state index in [0.717, 1.165) is 26.0 Å². The van der Waals surface area contributed by atoms with Crippen LogP contribution in [0.4, 0.5) is 5.13 Å². The third-order valence-electron chi connectivity index (χ3n) is 5.47. The minimum atomic E-state index is -1.22. The highest BCUT2D eigenvalue weighted by Crippen LogP contribution is 2.40. The quantitative estimate of drug-likeness (QED) is 0.144. The number of hydrogen-bond donors (Lipinski definition) is 3. The molecule has 0 aromatic carbocycles. The maximum Gasteiger partial charge on any atom is 0.353 e. The van der Waals surface area contributed by atoms with Gasteiger partial charge in [0, 0.05) is 28.0 Å². The molecular formula is C22H19N7O5S4. The molecule has 5 rings (SSSR count). The number of hydrogen-bond acceptors (Lipinski definition) is 13. The van der Waals surface area contributed by atoms with Gasteiger partial charge in [0.2, 0.25) is 0 Å². The first kappa shape index (κ1) is 26.1. The number of carboxylic acid groups (broad SMARTS) is 1. The number of aliphatic carboxylic acids is 1. The number of pyridine rings is 1. The van der Waals surface area contributed by atoms with Gasteiger partial charge in [0.15, 0.2) is 15.2 Å². The first-order valence-corrected chi connectivity index (χ1v) is 14.6. The van der Waals surface area contributed by atoms with Crippen molar-refractivity contribution in [2.24, 2.45) is 5.16 Å². The highest BCUT2D eigenvalue weighted by Gasteiger charge is 2.54. The summed E-state index contributed by atoms with van der Waals surface area (Å²) in [6, 6.07) is 2.31. The van der Waals surface area contributed by atoms with Gasteiger partial charge in [0.05, 0.1) is 6.04 Å². The molecule has 5 heterocycles. The number of carbonyl (C=O) groups excluding carboxylic acids is 2. The maximum absolute atomic E-state index is 13.0. The van der Waals surface area contributed by atoms with Crippen LogP contribution in [0.3, 0.4) is 0 Å². The monoisotopic (exact) mass is 589 g/mol. The Kier molecular flexibility index (Phi) is 7.64. The van der Waals surface area contributed by atoms with E-state index in [-0.39, 0.29) is 22.2 Å². The van der Waals surface area contributed by atoms with Crippen LogP contribution in [0.15, 0.2) is 56.0 Å². The normalized spacial score (nSPS) is 19.6. The molecule has 4 N–H and O–H groups in total. The average Bonchev–Trinajstić information content (AvgIpc) is 3.53. The summed E-state index contributed by atoms with van der Waals surface area (Å²) in [5.41, 5.74) is 6.46. The van der Waals surface area contributed by atoms with Gasteiger partial charge in [-0.05, 0) is 18.2 Å². The number of allylic oxidation sites excluding steroid dienone is 1. The van der Waals surface area contributed by atoms with Gasteiger partial charge in [-0.25, -0.2) is 19.7 Å². The predicted molar refractivity (Wildman–Crippen MR) is 147 cm³/mol. The Balaban J connectivity index is 1.26. The SMILES string of the molecule is CON=C(C(=O)N[C@@H]1C(=O)N2C(C(=O)O)=C(/C=C/CSc3nc4cccnc4s3)SC[C@H]12)c1csc(N)n1. The molecule has 38 heavy (non-hydrogen) atoms. The molecule has 0 bridgehead atoms. The fourth-order valence-corrected chi connectivity index (χ4v) is 7.41. The number of fused-ring (bicyclic) bond motifs is 2. The topological polar surface area (TPSA) is 173 Å². The van der Waals surface area contributed by atoms with Gasteiger partial charge in [-0.15, -0.1) is 23.1 Å². The van der Waals surface area contributed by atoms with Crippen LogP contribution in [-0.4, -0.2) is 79.2 Å². The molecule has 1 fully saturated rings. The van der Waals surface area contributed by atoms with E-state index in [9.17, 15) is 19.5 Å². The van der Waals surface area contributed by atoms with Gasteiger partial charge in [-0.3, -0.25) is 14.5 Å². The van der Waals surface area contributed by atoms with Crippen molar-refractivity contribution in [3.05, 3.63) is 52.2 Å². The van der Waals surface area contributed by atoms with Crippen molar-refractivity contribution < 1.29 is 24.3 Å².